The molecule has 0 saturated heterocycles. The normalized spacial score (nSPS) is 9.87. The van der Waals surface area contributed by atoms with Gasteiger partial charge in [-0.2, -0.15) is 0 Å². The molecule has 0 spiro atoms. The van der Waals surface area contributed by atoms with E-state index in [4.69, 9.17) is 18.9 Å². The van der Waals surface area contributed by atoms with E-state index in [2.05, 4.69) is 5.32 Å². The Morgan fingerprint density at radius 2 is 1.61 bits per heavy atom. The average molecular weight is 317 g/mol. The number of nitrogens with one attached hydrogen (secondary N) is 1. The quantitative estimate of drug-likeness (QED) is 0.850. The van der Waals surface area contributed by atoms with Gasteiger partial charge in [0.15, 0.2) is 18.1 Å². The van der Waals surface area contributed by atoms with Gasteiger partial charge in [0.05, 0.1) is 27.0 Å². The van der Waals surface area contributed by atoms with E-state index in [0.717, 1.165) is 0 Å². The van der Waals surface area contributed by atoms with Crippen LogP contribution in [-0.2, 0) is 4.79 Å². The van der Waals surface area contributed by atoms with Gasteiger partial charge in [-0.05, 0) is 24.3 Å². The predicted molar refractivity (Wildman–Crippen MR) is 86.7 cm³/mol. The number of carbonyl (C=O) groups excluding carboxylic acids is 1. The zero-order valence-electron chi connectivity index (χ0n) is 13.3. The summed E-state index contributed by atoms with van der Waals surface area (Å²) in [4.78, 5) is 12.1. The summed E-state index contributed by atoms with van der Waals surface area (Å²) in [5.74, 6) is 1.91. The van der Waals surface area contributed by atoms with E-state index in [9.17, 15) is 4.79 Å². The molecule has 0 atom stereocenters. The lowest BCUT2D eigenvalue weighted by Gasteiger charge is -2.13. The summed E-state index contributed by atoms with van der Waals surface area (Å²) in [6.45, 7) is -0.152. The number of methoxy groups -OCH3 is 3. The largest absolute Gasteiger partial charge is 0.497 e. The van der Waals surface area contributed by atoms with Gasteiger partial charge in [0.25, 0.3) is 5.91 Å². The molecule has 2 aromatic rings. The van der Waals surface area contributed by atoms with Gasteiger partial charge in [0.1, 0.15) is 11.5 Å². The van der Waals surface area contributed by atoms with E-state index in [0.29, 0.717) is 28.7 Å². The topological polar surface area (TPSA) is 66.0 Å². The maximum absolute atomic E-state index is 12.1. The molecule has 6 heteroatoms. The SMILES string of the molecule is COc1ccc(OC)c(NC(=O)COc2ccccc2OC)c1. The summed E-state index contributed by atoms with van der Waals surface area (Å²) in [5.41, 5.74) is 0.514. The first kappa shape index (κ1) is 16.5. The van der Waals surface area contributed by atoms with Crippen molar-refractivity contribution < 1.29 is 23.7 Å². The second kappa shape index (κ2) is 7.93. The Labute approximate surface area is 134 Å². The fourth-order valence-corrected chi connectivity index (χ4v) is 1.98. The van der Waals surface area contributed by atoms with Crippen molar-refractivity contribution in [2.75, 3.05) is 33.3 Å². The summed E-state index contributed by atoms with van der Waals surface area (Å²) >= 11 is 0. The van der Waals surface area contributed by atoms with Crippen LogP contribution in [0.15, 0.2) is 42.5 Å². The minimum absolute atomic E-state index is 0.152. The number of rotatable bonds is 7. The molecule has 0 unspecified atom stereocenters. The number of hydrogen-bond acceptors (Lipinski definition) is 5. The van der Waals surface area contributed by atoms with Crippen LogP contribution >= 0.6 is 0 Å². The van der Waals surface area contributed by atoms with E-state index < -0.39 is 0 Å². The van der Waals surface area contributed by atoms with Crippen LogP contribution in [0.5, 0.6) is 23.0 Å². The van der Waals surface area contributed by atoms with E-state index in [1.165, 1.54) is 7.11 Å². The van der Waals surface area contributed by atoms with Crippen LogP contribution in [0.2, 0.25) is 0 Å². The molecule has 0 saturated carbocycles. The van der Waals surface area contributed by atoms with Gasteiger partial charge >= 0.3 is 0 Å². The molecule has 0 aliphatic rings. The minimum atomic E-state index is -0.317. The smallest absolute Gasteiger partial charge is 0.262 e. The number of para-hydroxylation sites is 2. The fraction of sp³-hybridized carbons (Fsp3) is 0.235. The van der Waals surface area contributed by atoms with Gasteiger partial charge in [-0.3, -0.25) is 4.79 Å². The van der Waals surface area contributed by atoms with Crippen LogP contribution < -0.4 is 24.3 Å². The van der Waals surface area contributed by atoms with E-state index in [1.54, 1.807) is 50.6 Å². The van der Waals surface area contributed by atoms with Crippen molar-refractivity contribution in [1.29, 1.82) is 0 Å². The molecule has 1 amide bonds. The van der Waals surface area contributed by atoms with E-state index >= 15 is 0 Å². The summed E-state index contributed by atoms with van der Waals surface area (Å²) in [6.07, 6.45) is 0. The van der Waals surface area contributed by atoms with Crippen LogP contribution in [0.4, 0.5) is 5.69 Å². The van der Waals surface area contributed by atoms with E-state index in [1.807, 2.05) is 6.07 Å². The average Bonchev–Trinajstić information content (AvgIpc) is 2.60. The Hall–Kier alpha value is -2.89. The molecule has 0 bridgehead atoms. The van der Waals surface area contributed by atoms with Gasteiger partial charge in [-0.1, -0.05) is 12.1 Å². The van der Waals surface area contributed by atoms with Gasteiger partial charge in [0.2, 0.25) is 0 Å². The van der Waals surface area contributed by atoms with Crippen LogP contribution in [-0.4, -0.2) is 33.8 Å². The Balaban J connectivity index is 2.02. The van der Waals surface area contributed by atoms with E-state index in [-0.39, 0.29) is 12.5 Å². The number of ether oxygens (including phenoxy) is 4. The molecule has 23 heavy (non-hydrogen) atoms. The number of anilines is 1. The number of hydrogen-bond donors (Lipinski definition) is 1. The number of amides is 1. The number of benzene rings is 2. The van der Waals surface area contributed by atoms with Gasteiger partial charge < -0.3 is 24.3 Å². The zero-order valence-corrected chi connectivity index (χ0v) is 13.3. The molecule has 0 radical (unpaired) electrons. The summed E-state index contributed by atoms with van der Waals surface area (Å²) in [6, 6.07) is 12.3. The Morgan fingerprint density at radius 3 is 2.26 bits per heavy atom. The minimum Gasteiger partial charge on any atom is -0.497 e. The Bertz CT molecular complexity index is 672. The molecule has 2 aromatic carbocycles. The molecule has 0 aliphatic carbocycles. The van der Waals surface area contributed by atoms with Crippen LogP contribution in [0.3, 0.4) is 0 Å². The lowest BCUT2D eigenvalue weighted by atomic mass is 10.2. The second-order valence-electron chi connectivity index (χ2n) is 4.55. The molecule has 0 heterocycles. The standard InChI is InChI=1S/C17H19NO5/c1-20-12-8-9-14(21-2)13(10-12)18-17(19)11-23-16-7-5-4-6-15(16)22-3/h4-10H,11H2,1-3H3,(H,18,19). The Kier molecular flexibility index (Phi) is 5.68. The maximum Gasteiger partial charge on any atom is 0.262 e. The molecular formula is C17H19NO5. The first-order valence-corrected chi connectivity index (χ1v) is 6.95. The highest BCUT2D eigenvalue weighted by Crippen LogP contribution is 2.29. The molecule has 6 nitrogen and oxygen atoms in total. The molecule has 2 rings (SSSR count). The highest BCUT2D eigenvalue weighted by Gasteiger charge is 2.11. The number of carbonyl (C=O) groups is 1. The highest BCUT2D eigenvalue weighted by molar-refractivity contribution is 5.93. The second-order valence-corrected chi connectivity index (χ2v) is 4.55. The highest BCUT2D eigenvalue weighted by atomic mass is 16.5. The van der Waals surface area contributed by atoms with Crippen molar-refractivity contribution in [2.24, 2.45) is 0 Å². The van der Waals surface area contributed by atoms with Crippen molar-refractivity contribution in [3.8, 4) is 23.0 Å². The van der Waals surface area contributed by atoms with Gasteiger partial charge in [-0.15, -0.1) is 0 Å². The third kappa shape index (κ3) is 4.29. The van der Waals surface area contributed by atoms with Gasteiger partial charge in [-0.25, -0.2) is 0 Å². The Morgan fingerprint density at radius 1 is 0.913 bits per heavy atom. The summed E-state index contributed by atoms with van der Waals surface area (Å²) in [5, 5.41) is 2.73. The lowest BCUT2D eigenvalue weighted by Crippen LogP contribution is -2.20. The molecule has 0 fully saturated rings. The molecule has 122 valence electrons. The fourth-order valence-electron chi connectivity index (χ4n) is 1.98. The monoisotopic (exact) mass is 317 g/mol. The van der Waals surface area contributed by atoms with Crippen LogP contribution in [0.1, 0.15) is 0 Å². The summed E-state index contributed by atoms with van der Waals surface area (Å²) < 4.78 is 21.0. The van der Waals surface area contributed by atoms with Gasteiger partial charge in [0, 0.05) is 6.07 Å². The molecular weight excluding hydrogens is 298 g/mol. The van der Waals surface area contributed by atoms with Crippen molar-refractivity contribution in [3.05, 3.63) is 42.5 Å². The lowest BCUT2D eigenvalue weighted by molar-refractivity contribution is -0.118. The van der Waals surface area contributed by atoms with Crippen molar-refractivity contribution >= 4 is 11.6 Å². The van der Waals surface area contributed by atoms with Crippen molar-refractivity contribution in [3.63, 3.8) is 0 Å². The zero-order chi connectivity index (χ0) is 16.7. The van der Waals surface area contributed by atoms with Crippen LogP contribution in [0, 0.1) is 0 Å². The summed E-state index contributed by atoms with van der Waals surface area (Å²) in [7, 11) is 4.63. The maximum atomic E-state index is 12.1. The first-order valence-electron chi connectivity index (χ1n) is 6.95. The third-order valence-corrected chi connectivity index (χ3v) is 3.11. The first-order chi connectivity index (χ1) is 11.2. The molecule has 0 aliphatic heterocycles. The molecule has 0 aromatic heterocycles. The predicted octanol–water partition coefficient (Wildman–Crippen LogP) is 2.73. The van der Waals surface area contributed by atoms with Crippen LogP contribution in [0.25, 0.3) is 0 Å². The third-order valence-electron chi connectivity index (χ3n) is 3.11. The van der Waals surface area contributed by atoms with Crippen molar-refractivity contribution in [2.45, 2.75) is 0 Å². The van der Waals surface area contributed by atoms with Crippen molar-refractivity contribution in [1.82, 2.24) is 0 Å². The molecule has 1 N–H and O–H groups in total.